The number of nitrogens with zero attached hydrogens (tertiary/aromatic N) is 7. The Bertz CT molecular complexity index is 1370. The van der Waals surface area contributed by atoms with Crippen LogP contribution < -0.4 is 10.2 Å². The molecule has 9 nitrogen and oxygen atoms in total. The lowest BCUT2D eigenvalue weighted by atomic mass is 10.0. The molecule has 1 saturated heterocycles. The fraction of sp³-hybridized carbons (Fsp3) is 0.364. The van der Waals surface area contributed by atoms with E-state index in [1.165, 1.54) is 18.3 Å². The van der Waals surface area contributed by atoms with E-state index >= 15 is 0 Å². The molecule has 15 heteroatoms. The molecule has 0 bridgehead atoms. The third kappa shape index (κ3) is 5.30. The molecule has 0 aliphatic carbocycles. The molecular formula is C22H18F6N8O. The van der Waals surface area contributed by atoms with Gasteiger partial charge in [0.25, 0.3) is 0 Å². The zero-order valence-electron chi connectivity index (χ0n) is 18.9. The first-order chi connectivity index (χ1) is 17.6. The quantitative estimate of drug-likeness (QED) is 0.506. The molecule has 0 amide bonds. The zero-order chi connectivity index (χ0) is 26.2. The van der Waals surface area contributed by atoms with E-state index < -0.39 is 29.5 Å². The van der Waals surface area contributed by atoms with Crippen molar-refractivity contribution in [2.24, 2.45) is 10.9 Å². The monoisotopic (exact) mass is 524 g/mol. The van der Waals surface area contributed by atoms with E-state index in [0.717, 1.165) is 18.5 Å². The number of morpholine rings is 1. The smallest absolute Gasteiger partial charge is 0.378 e. The van der Waals surface area contributed by atoms with Gasteiger partial charge in [-0.15, -0.1) is 10.2 Å². The van der Waals surface area contributed by atoms with Crippen LogP contribution in [0.5, 0.6) is 0 Å². The van der Waals surface area contributed by atoms with Crippen LogP contribution in [-0.4, -0.2) is 63.8 Å². The summed E-state index contributed by atoms with van der Waals surface area (Å²) in [5.41, 5.74) is -1.20. The maximum atomic E-state index is 13.9. The van der Waals surface area contributed by atoms with Gasteiger partial charge in [0.2, 0.25) is 0 Å². The van der Waals surface area contributed by atoms with Crippen molar-refractivity contribution < 1.29 is 31.1 Å². The lowest BCUT2D eigenvalue weighted by Crippen LogP contribution is -2.37. The third-order valence-corrected chi connectivity index (χ3v) is 5.75. The van der Waals surface area contributed by atoms with Gasteiger partial charge in [-0.3, -0.25) is 0 Å². The molecule has 0 radical (unpaired) electrons. The number of halogens is 6. The number of ether oxygens (including phenoxy) is 1. The summed E-state index contributed by atoms with van der Waals surface area (Å²) < 4.78 is 85.6. The summed E-state index contributed by atoms with van der Waals surface area (Å²) >= 11 is 0. The Kier molecular flexibility index (Phi) is 6.39. The number of hydrogen-bond donors (Lipinski definition) is 1. The van der Waals surface area contributed by atoms with Gasteiger partial charge < -0.3 is 15.0 Å². The number of anilines is 2. The van der Waals surface area contributed by atoms with Crippen molar-refractivity contribution in [3.8, 4) is 11.4 Å². The van der Waals surface area contributed by atoms with Crippen molar-refractivity contribution in [3.05, 3.63) is 42.0 Å². The minimum Gasteiger partial charge on any atom is -0.378 e. The summed E-state index contributed by atoms with van der Waals surface area (Å²) in [6.45, 7) is 1.51. The average molecular weight is 524 g/mol. The second-order valence-corrected chi connectivity index (χ2v) is 8.22. The normalized spacial score (nSPS) is 18.7. The van der Waals surface area contributed by atoms with Crippen LogP contribution in [0.2, 0.25) is 0 Å². The molecule has 3 aromatic heterocycles. The molecular weight excluding hydrogens is 506 g/mol. The molecule has 37 heavy (non-hydrogen) atoms. The van der Waals surface area contributed by atoms with E-state index in [4.69, 9.17) is 4.74 Å². The maximum Gasteiger partial charge on any atom is 0.418 e. The first-order valence-corrected chi connectivity index (χ1v) is 11.1. The number of fused-ring (bicyclic) bond motifs is 1. The predicted octanol–water partition coefficient (Wildman–Crippen LogP) is 4.24. The van der Waals surface area contributed by atoms with Gasteiger partial charge in [-0.25, -0.2) is 19.9 Å². The molecule has 0 saturated carbocycles. The summed E-state index contributed by atoms with van der Waals surface area (Å²) in [4.78, 5) is 17.9. The number of pyridine rings is 1. The highest BCUT2D eigenvalue weighted by molar-refractivity contribution is 5.87. The fourth-order valence-corrected chi connectivity index (χ4v) is 3.83. The van der Waals surface area contributed by atoms with Crippen LogP contribution >= 0.6 is 0 Å². The molecule has 3 aromatic rings. The minimum absolute atomic E-state index is 0.00300. The average Bonchev–Trinajstić information content (AvgIpc) is 2.88. The van der Waals surface area contributed by atoms with Gasteiger partial charge >= 0.3 is 12.4 Å². The summed E-state index contributed by atoms with van der Waals surface area (Å²) in [6.07, 6.45) is -4.85. The highest BCUT2D eigenvalue weighted by Gasteiger charge is 2.39. The molecule has 1 fully saturated rings. The number of alkyl halides is 6. The van der Waals surface area contributed by atoms with E-state index in [2.05, 4.69) is 35.5 Å². The Morgan fingerprint density at radius 3 is 2.49 bits per heavy atom. The Labute approximate surface area is 205 Å². The first-order valence-electron chi connectivity index (χ1n) is 11.1. The number of allylic oxidation sites excluding steroid dienone is 1. The minimum atomic E-state index is -4.74. The van der Waals surface area contributed by atoms with Crippen molar-refractivity contribution in [2.45, 2.75) is 18.8 Å². The van der Waals surface area contributed by atoms with Crippen molar-refractivity contribution >= 4 is 28.9 Å². The lowest BCUT2D eigenvalue weighted by Gasteiger charge is -2.28. The molecule has 2 aliphatic heterocycles. The second-order valence-electron chi connectivity index (χ2n) is 8.22. The van der Waals surface area contributed by atoms with Crippen LogP contribution in [-0.2, 0) is 10.9 Å². The van der Waals surface area contributed by atoms with Crippen molar-refractivity contribution in [1.82, 2.24) is 25.1 Å². The Balaban J connectivity index is 1.45. The topological polar surface area (TPSA) is 101 Å². The SMILES string of the molecule is FC(F)(F)c1cc(N2CCOCC2)nnc1-c1cnc2c(NC3=CCC(C(F)(F)F)C=N3)ccnc2n1. The molecule has 2 aliphatic rings. The van der Waals surface area contributed by atoms with Gasteiger partial charge in [-0.2, -0.15) is 26.3 Å². The van der Waals surface area contributed by atoms with E-state index in [9.17, 15) is 26.3 Å². The van der Waals surface area contributed by atoms with Gasteiger partial charge in [0, 0.05) is 25.5 Å². The molecule has 1 unspecified atom stereocenters. The van der Waals surface area contributed by atoms with Gasteiger partial charge in [0.1, 0.15) is 22.7 Å². The molecule has 1 N–H and O–H groups in total. The Morgan fingerprint density at radius 1 is 1.03 bits per heavy atom. The van der Waals surface area contributed by atoms with E-state index in [0.29, 0.717) is 32.0 Å². The second kappa shape index (κ2) is 9.53. The van der Waals surface area contributed by atoms with Gasteiger partial charge in [-0.05, 0) is 24.6 Å². The maximum absolute atomic E-state index is 13.9. The Morgan fingerprint density at radius 2 is 1.81 bits per heavy atom. The van der Waals surface area contributed by atoms with Crippen LogP contribution in [0.25, 0.3) is 22.6 Å². The summed E-state index contributed by atoms with van der Waals surface area (Å²) in [5.74, 6) is -1.43. The van der Waals surface area contributed by atoms with Gasteiger partial charge in [0.05, 0.1) is 36.6 Å². The van der Waals surface area contributed by atoms with E-state index in [-0.39, 0.29) is 34.9 Å². The zero-order valence-corrected chi connectivity index (χ0v) is 18.9. The standard InChI is InChI=1S/C22H18F6N8O/c23-21(24,25)12-1-2-16(30-10-12)32-14-3-4-29-20-19(14)31-11-15(33-20)18-13(22(26,27)28)9-17(34-35-18)36-5-7-37-8-6-36/h2-4,9-12H,1,5-8H2,(H,29,32,33). The molecule has 0 aromatic carbocycles. The van der Waals surface area contributed by atoms with Gasteiger partial charge in [0.15, 0.2) is 11.5 Å². The van der Waals surface area contributed by atoms with Crippen molar-refractivity contribution in [1.29, 1.82) is 0 Å². The number of rotatable bonds is 4. The number of nitrogens with one attached hydrogen (secondary N) is 1. The van der Waals surface area contributed by atoms with Crippen molar-refractivity contribution in [2.75, 3.05) is 36.5 Å². The third-order valence-electron chi connectivity index (χ3n) is 5.75. The van der Waals surface area contributed by atoms with Crippen LogP contribution in [0, 0.1) is 5.92 Å². The largest absolute Gasteiger partial charge is 0.418 e. The Hall–Kier alpha value is -3.88. The summed E-state index contributed by atoms with van der Waals surface area (Å²) in [7, 11) is 0. The highest BCUT2D eigenvalue weighted by Crippen LogP contribution is 2.37. The van der Waals surface area contributed by atoms with Crippen LogP contribution in [0.15, 0.2) is 41.4 Å². The number of aliphatic imine (C=N–C) groups is 1. The molecule has 0 spiro atoms. The van der Waals surface area contributed by atoms with E-state index in [1.807, 2.05) is 0 Å². The number of hydrogen-bond acceptors (Lipinski definition) is 9. The molecule has 5 heterocycles. The lowest BCUT2D eigenvalue weighted by molar-refractivity contribution is -0.153. The number of aromatic nitrogens is 5. The van der Waals surface area contributed by atoms with E-state index in [1.54, 1.807) is 4.90 Å². The van der Waals surface area contributed by atoms with Crippen molar-refractivity contribution in [3.63, 3.8) is 0 Å². The predicted molar refractivity (Wildman–Crippen MR) is 121 cm³/mol. The summed E-state index contributed by atoms with van der Waals surface area (Å²) in [5, 5.41) is 10.7. The summed E-state index contributed by atoms with van der Waals surface area (Å²) in [6, 6.07) is 2.42. The first kappa shape index (κ1) is 24.8. The molecule has 5 rings (SSSR count). The van der Waals surface area contributed by atoms with Gasteiger partial charge in [-0.1, -0.05) is 0 Å². The van der Waals surface area contributed by atoms with Crippen LogP contribution in [0.4, 0.5) is 37.8 Å². The highest BCUT2D eigenvalue weighted by atomic mass is 19.4. The molecule has 1 atom stereocenters. The van der Waals surface area contributed by atoms with Crippen LogP contribution in [0.1, 0.15) is 12.0 Å². The van der Waals surface area contributed by atoms with Crippen LogP contribution in [0.3, 0.4) is 0 Å². The molecule has 194 valence electrons. The fourth-order valence-electron chi connectivity index (χ4n) is 3.83.